The Bertz CT molecular complexity index is 743. The van der Waals surface area contributed by atoms with E-state index in [1.54, 1.807) is 24.8 Å². The monoisotopic (exact) mass is 310 g/mol. The minimum absolute atomic E-state index is 0.508. The van der Waals surface area contributed by atoms with Crippen LogP contribution in [-0.2, 0) is 6.54 Å². The summed E-state index contributed by atoms with van der Waals surface area (Å²) < 4.78 is 13.4. The summed E-state index contributed by atoms with van der Waals surface area (Å²) in [5, 5.41) is 0. The fraction of sp³-hybridized carbons (Fsp3) is 0.235. The van der Waals surface area contributed by atoms with E-state index in [2.05, 4.69) is 15.0 Å². The molecule has 3 aromatic rings. The van der Waals surface area contributed by atoms with Gasteiger partial charge < -0.3 is 14.0 Å². The van der Waals surface area contributed by atoms with Crippen molar-refractivity contribution in [1.82, 2.24) is 19.5 Å². The third-order valence-corrected chi connectivity index (χ3v) is 3.25. The standard InChI is InChI=1S/C17H18N4O2/c1-2-22-15-5-3-4-6-16(15)23-12-11-21-10-9-20-17(21)14-13-18-7-8-19-14/h3-10,13H,2,11-12H2,1H3. The van der Waals surface area contributed by atoms with Crippen molar-refractivity contribution in [3.63, 3.8) is 0 Å². The number of imidazole rings is 1. The molecule has 0 atom stereocenters. The minimum atomic E-state index is 0.508. The lowest BCUT2D eigenvalue weighted by atomic mass is 10.3. The Kier molecular flexibility index (Phi) is 4.83. The van der Waals surface area contributed by atoms with Crippen molar-refractivity contribution in [2.24, 2.45) is 0 Å². The number of hydrogen-bond acceptors (Lipinski definition) is 5. The van der Waals surface area contributed by atoms with E-state index in [0.29, 0.717) is 19.8 Å². The van der Waals surface area contributed by atoms with Crippen molar-refractivity contribution in [2.75, 3.05) is 13.2 Å². The van der Waals surface area contributed by atoms with Gasteiger partial charge >= 0.3 is 0 Å². The predicted octanol–water partition coefficient (Wildman–Crippen LogP) is 2.82. The zero-order chi connectivity index (χ0) is 15.9. The highest BCUT2D eigenvalue weighted by Gasteiger charge is 2.08. The molecular formula is C17H18N4O2. The molecule has 23 heavy (non-hydrogen) atoms. The van der Waals surface area contributed by atoms with Gasteiger partial charge in [0.05, 0.1) is 19.3 Å². The summed E-state index contributed by atoms with van der Waals surface area (Å²) in [5.41, 5.74) is 0.743. The van der Waals surface area contributed by atoms with Gasteiger partial charge in [-0.2, -0.15) is 0 Å². The van der Waals surface area contributed by atoms with Crippen molar-refractivity contribution in [1.29, 1.82) is 0 Å². The Morgan fingerprint density at radius 2 is 1.83 bits per heavy atom. The highest BCUT2D eigenvalue weighted by Crippen LogP contribution is 2.26. The Balaban J connectivity index is 1.65. The maximum Gasteiger partial charge on any atom is 0.161 e. The Morgan fingerprint density at radius 1 is 1.00 bits per heavy atom. The molecule has 0 saturated heterocycles. The predicted molar refractivity (Wildman–Crippen MR) is 86.4 cm³/mol. The van der Waals surface area contributed by atoms with Gasteiger partial charge in [0, 0.05) is 24.8 Å². The van der Waals surface area contributed by atoms with Crippen LogP contribution in [-0.4, -0.2) is 32.7 Å². The van der Waals surface area contributed by atoms with E-state index in [1.165, 1.54) is 0 Å². The average molecular weight is 310 g/mol. The molecular weight excluding hydrogens is 292 g/mol. The Labute approximate surface area is 134 Å². The van der Waals surface area contributed by atoms with Gasteiger partial charge in [-0.25, -0.2) is 9.97 Å². The molecule has 2 aromatic heterocycles. The average Bonchev–Trinajstić information content (AvgIpc) is 3.06. The first kappa shape index (κ1) is 15.0. The van der Waals surface area contributed by atoms with Crippen molar-refractivity contribution in [2.45, 2.75) is 13.5 Å². The number of nitrogens with zero attached hydrogens (tertiary/aromatic N) is 4. The van der Waals surface area contributed by atoms with Gasteiger partial charge in [-0.15, -0.1) is 0 Å². The summed E-state index contributed by atoms with van der Waals surface area (Å²) in [7, 11) is 0. The van der Waals surface area contributed by atoms with Crippen LogP contribution in [0, 0.1) is 0 Å². The fourth-order valence-electron chi connectivity index (χ4n) is 2.24. The fourth-order valence-corrected chi connectivity index (χ4v) is 2.24. The second-order valence-electron chi connectivity index (χ2n) is 4.76. The third kappa shape index (κ3) is 3.66. The summed E-state index contributed by atoms with van der Waals surface area (Å²) >= 11 is 0. The quantitative estimate of drug-likeness (QED) is 0.671. The summed E-state index contributed by atoms with van der Waals surface area (Å²) in [5.74, 6) is 2.28. The molecule has 0 bridgehead atoms. The van der Waals surface area contributed by atoms with Gasteiger partial charge in [-0.05, 0) is 19.1 Å². The highest BCUT2D eigenvalue weighted by molar-refractivity contribution is 5.47. The van der Waals surface area contributed by atoms with Crippen LogP contribution in [0.3, 0.4) is 0 Å². The largest absolute Gasteiger partial charge is 0.490 e. The first-order chi connectivity index (χ1) is 11.4. The van der Waals surface area contributed by atoms with E-state index < -0.39 is 0 Å². The van der Waals surface area contributed by atoms with Crippen molar-refractivity contribution in [3.8, 4) is 23.0 Å². The topological polar surface area (TPSA) is 62.1 Å². The number of para-hydroxylation sites is 2. The molecule has 0 unspecified atom stereocenters. The van der Waals surface area contributed by atoms with E-state index >= 15 is 0 Å². The molecule has 0 aliphatic heterocycles. The molecule has 0 aliphatic rings. The minimum Gasteiger partial charge on any atom is -0.490 e. The maximum atomic E-state index is 5.84. The molecule has 0 fully saturated rings. The van der Waals surface area contributed by atoms with Crippen LogP contribution in [0.25, 0.3) is 11.5 Å². The molecule has 0 amide bonds. The summed E-state index contributed by atoms with van der Waals surface area (Å²) in [6.07, 6.45) is 8.65. The van der Waals surface area contributed by atoms with Gasteiger partial charge in [-0.1, -0.05) is 12.1 Å². The zero-order valence-electron chi connectivity index (χ0n) is 12.9. The van der Waals surface area contributed by atoms with Gasteiger partial charge in [0.25, 0.3) is 0 Å². The summed E-state index contributed by atoms with van der Waals surface area (Å²) in [4.78, 5) is 12.7. The van der Waals surface area contributed by atoms with Crippen LogP contribution in [0.5, 0.6) is 11.5 Å². The molecule has 0 N–H and O–H groups in total. The maximum absolute atomic E-state index is 5.84. The molecule has 1 aromatic carbocycles. The van der Waals surface area contributed by atoms with Crippen LogP contribution >= 0.6 is 0 Å². The SMILES string of the molecule is CCOc1ccccc1OCCn1ccnc1-c1cnccn1. The van der Waals surface area contributed by atoms with E-state index in [0.717, 1.165) is 23.0 Å². The smallest absolute Gasteiger partial charge is 0.161 e. The van der Waals surface area contributed by atoms with Gasteiger partial charge in [0.15, 0.2) is 17.3 Å². The van der Waals surface area contributed by atoms with E-state index in [-0.39, 0.29) is 0 Å². The second-order valence-corrected chi connectivity index (χ2v) is 4.76. The van der Waals surface area contributed by atoms with Crippen LogP contribution in [0.2, 0.25) is 0 Å². The van der Waals surface area contributed by atoms with Gasteiger partial charge in [-0.3, -0.25) is 4.98 Å². The normalized spacial score (nSPS) is 10.5. The van der Waals surface area contributed by atoms with Gasteiger partial charge in [0.2, 0.25) is 0 Å². The number of ether oxygens (including phenoxy) is 2. The number of aromatic nitrogens is 4. The number of benzene rings is 1. The Hall–Kier alpha value is -2.89. The van der Waals surface area contributed by atoms with E-state index in [1.807, 2.05) is 42.0 Å². The molecule has 0 radical (unpaired) electrons. The highest BCUT2D eigenvalue weighted by atomic mass is 16.5. The van der Waals surface area contributed by atoms with E-state index in [4.69, 9.17) is 9.47 Å². The second kappa shape index (κ2) is 7.40. The number of hydrogen-bond donors (Lipinski definition) is 0. The number of rotatable bonds is 7. The molecule has 6 nitrogen and oxygen atoms in total. The van der Waals surface area contributed by atoms with Crippen molar-refractivity contribution >= 4 is 0 Å². The van der Waals surface area contributed by atoms with Crippen LogP contribution in [0.15, 0.2) is 55.2 Å². The molecule has 3 rings (SSSR count). The molecule has 0 aliphatic carbocycles. The van der Waals surface area contributed by atoms with E-state index in [9.17, 15) is 0 Å². The van der Waals surface area contributed by atoms with Gasteiger partial charge in [0.1, 0.15) is 12.3 Å². The first-order valence-corrected chi connectivity index (χ1v) is 7.50. The molecule has 2 heterocycles. The zero-order valence-corrected chi connectivity index (χ0v) is 12.9. The van der Waals surface area contributed by atoms with Crippen LogP contribution in [0.4, 0.5) is 0 Å². The molecule has 6 heteroatoms. The third-order valence-electron chi connectivity index (χ3n) is 3.25. The van der Waals surface area contributed by atoms with Crippen molar-refractivity contribution in [3.05, 3.63) is 55.2 Å². The summed E-state index contributed by atoms with van der Waals surface area (Å²) in [6.45, 7) is 3.73. The lowest BCUT2D eigenvalue weighted by Crippen LogP contribution is -2.10. The molecule has 118 valence electrons. The Morgan fingerprint density at radius 3 is 2.57 bits per heavy atom. The summed E-state index contributed by atoms with van der Waals surface area (Å²) in [6, 6.07) is 7.67. The lowest BCUT2D eigenvalue weighted by molar-refractivity contribution is 0.267. The van der Waals surface area contributed by atoms with Crippen LogP contribution < -0.4 is 9.47 Å². The van der Waals surface area contributed by atoms with Crippen molar-refractivity contribution < 1.29 is 9.47 Å². The molecule has 0 saturated carbocycles. The first-order valence-electron chi connectivity index (χ1n) is 7.50. The van der Waals surface area contributed by atoms with Crippen LogP contribution in [0.1, 0.15) is 6.92 Å². The molecule has 0 spiro atoms. The lowest BCUT2D eigenvalue weighted by Gasteiger charge is -2.12.